The molecular formula is C24H32N2O2S. The van der Waals surface area contributed by atoms with Gasteiger partial charge in [0.25, 0.3) is 0 Å². The van der Waals surface area contributed by atoms with Crippen molar-refractivity contribution in [2.75, 3.05) is 6.54 Å². The average molecular weight is 413 g/mol. The molecule has 1 aromatic carbocycles. The van der Waals surface area contributed by atoms with Crippen LogP contribution in [0.25, 0.3) is 0 Å². The van der Waals surface area contributed by atoms with Crippen LogP contribution in [0.15, 0.2) is 42.5 Å². The second kappa shape index (κ2) is 10.1. The van der Waals surface area contributed by atoms with E-state index in [4.69, 9.17) is 0 Å². The van der Waals surface area contributed by atoms with E-state index in [1.165, 1.54) is 9.75 Å². The van der Waals surface area contributed by atoms with Gasteiger partial charge in [0, 0.05) is 28.3 Å². The normalized spacial score (nSPS) is 14.9. The number of benzene rings is 1. The molecule has 1 unspecified atom stereocenters. The lowest BCUT2D eigenvalue weighted by Gasteiger charge is -2.36. The minimum atomic E-state index is 0.0212. The molecule has 5 heteroatoms. The van der Waals surface area contributed by atoms with Gasteiger partial charge in [0.2, 0.25) is 11.8 Å². The SMILES string of the molecule is CCC(C)N(CC(=O)N(Cc1ccccc1)Cc1ccc(C)s1)C(=O)C1CCC1. The third-order valence-corrected chi connectivity index (χ3v) is 6.86. The number of hydrogen-bond donors (Lipinski definition) is 0. The maximum atomic E-state index is 13.4. The fraction of sp³-hybridized carbons (Fsp3) is 0.500. The zero-order valence-electron chi connectivity index (χ0n) is 17.8. The predicted molar refractivity (Wildman–Crippen MR) is 119 cm³/mol. The first kappa shape index (κ1) is 21.6. The lowest BCUT2D eigenvalue weighted by atomic mass is 9.84. The number of carbonyl (C=O) groups excluding carboxylic acids is 2. The van der Waals surface area contributed by atoms with Crippen LogP contribution in [0.4, 0.5) is 0 Å². The van der Waals surface area contributed by atoms with E-state index in [0.717, 1.165) is 31.2 Å². The highest BCUT2D eigenvalue weighted by molar-refractivity contribution is 7.11. The van der Waals surface area contributed by atoms with E-state index in [1.54, 1.807) is 11.3 Å². The quantitative estimate of drug-likeness (QED) is 0.581. The topological polar surface area (TPSA) is 40.6 Å². The second-order valence-corrected chi connectivity index (χ2v) is 9.47. The fourth-order valence-electron chi connectivity index (χ4n) is 3.60. The van der Waals surface area contributed by atoms with E-state index >= 15 is 0 Å². The summed E-state index contributed by atoms with van der Waals surface area (Å²) in [6.45, 7) is 7.52. The van der Waals surface area contributed by atoms with E-state index in [2.05, 4.69) is 26.0 Å². The number of hydrogen-bond acceptors (Lipinski definition) is 3. The molecule has 1 aromatic heterocycles. The summed E-state index contributed by atoms with van der Waals surface area (Å²) in [6, 6.07) is 14.3. The Bertz CT molecular complexity index is 813. The summed E-state index contributed by atoms with van der Waals surface area (Å²) in [5.41, 5.74) is 1.11. The highest BCUT2D eigenvalue weighted by Crippen LogP contribution is 2.29. The Morgan fingerprint density at radius 3 is 2.38 bits per heavy atom. The molecule has 2 amide bonds. The Hall–Kier alpha value is -2.14. The predicted octanol–water partition coefficient (Wildman–Crippen LogP) is 5.01. The molecule has 1 fully saturated rings. The van der Waals surface area contributed by atoms with Crippen molar-refractivity contribution in [3.8, 4) is 0 Å². The van der Waals surface area contributed by atoms with Gasteiger partial charge < -0.3 is 9.80 Å². The summed E-state index contributed by atoms with van der Waals surface area (Å²) in [5.74, 6) is 0.290. The van der Waals surface area contributed by atoms with E-state index in [9.17, 15) is 9.59 Å². The Morgan fingerprint density at radius 1 is 1.10 bits per heavy atom. The summed E-state index contributed by atoms with van der Waals surface area (Å²) < 4.78 is 0. The van der Waals surface area contributed by atoms with Crippen LogP contribution >= 0.6 is 11.3 Å². The van der Waals surface area contributed by atoms with Crippen LogP contribution in [0.2, 0.25) is 0 Å². The van der Waals surface area contributed by atoms with Gasteiger partial charge in [-0.1, -0.05) is 43.7 Å². The molecule has 29 heavy (non-hydrogen) atoms. The summed E-state index contributed by atoms with van der Waals surface area (Å²) in [4.78, 5) is 32.5. The molecule has 0 saturated heterocycles. The van der Waals surface area contributed by atoms with Gasteiger partial charge in [0.05, 0.1) is 6.54 Å². The van der Waals surface area contributed by atoms with Crippen molar-refractivity contribution in [2.45, 2.75) is 65.6 Å². The van der Waals surface area contributed by atoms with Crippen LogP contribution in [-0.4, -0.2) is 34.2 Å². The van der Waals surface area contributed by atoms with Gasteiger partial charge in [-0.25, -0.2) is 0 Å². The van der Waals surface area contributed by atoms with Gasteiger partial charge in [-0.3, -0.25) is 9.59 Å². The van der Waals surface area contributed by atoms with Gasteiger partial charge in [-0.2, -0.15) is 0 Å². The maximum absolute atomic E-state index is 13.4. The highest BCUT2D eigenvalue weighted by Gasteiger charge is 2.33. The number of aryl methyl sites for hydroxylation is 1. The third kappa shape index (κ3) is 5.69. The van der Waals surface area contributed by atoms with Gasteiger partial charge in [0.1, 0.15) is 6.54 Å². The Balaban J connectivity index is 1.76. The van der Waals surface area contributed by atoms with Crippen molar-refractivity contribution in [1.29, 1.82) is 0 Å². The lowest BCUT2D eigenvalue weighted by molar-refractivity contribution is -0.147. The standard InChI is InChI=1S/C24H32N2O2S/c1-4-18(2)26(24(28)21-11-8-12-21)17-23(27)25(15-20-9-6-5-7-10-20)16-22-14-13-19(3)29-22/h5-7,9-10,13-14,18,21H,4,8,11-12,15-17H2,1-3H3. The molecule has 2 aromatic rings. The molecule has 0 N–H and O–H groups in total. The molecule has 4 nitrogen and oxygen atoms in total. The van der Waals surface area contributed by atoms with E-state index in [1.807, 2.05) is 47.1 Å². The molecule has 0 radical (unpaired) electrons. The molecule has 1 heterocycles. The minimum Gasteiger partial charge on any atom is -0.332 e. The van der Waals surface area contributed by atoms with Gasteiger partial charge in [0.15, 0.2) is 0 Å². The molecule has 1 saturated carbocycles. The number of nitrogens with zero attached hydrogens (tertiary/aromatic N) is 2. The molecule has 0 bridgehead atoms. The van der Waals surface area contributed by atoms with Crippen molar-refractivity contribution >= 4 is 23.2 Å². The minimum absolute atomic E-state index is 0.0212. The van der Waals surface area contributed by atoms with Crippen LogP contribution < -0.4 is 0 Å². The molecule has 156 valence electrons. The molecule has 1 aliphatic rings. The molecule has 3 rings (SSSR count). The van der Waals surface area contributed by atoms with Crippen molar-refractivity contribution in [3.05, 3.63) is 57.8 Å². The zero-order chi connectivity index (χ0) is 20.8. The zero-order valence-corrected chi connectivity index (χ0v) is 18.6. The number of amides is 2. The van der Waals surface area contributed by atoms with Crippen LogP contribution in [0.3, 0.4) is 0 Å². The van der Waals surface area contributed by atoms with E-state index in [0.29, 0.717) is 13.1 Å². The Labute approximate surface area is 178 Å². The van der Waals surface area contributed by atoms with Crippen LogP contribution in [-0.2, 0) is 22.7 Å². The van der Waals surface area contributed by atoms with E-state index in [-0.39, 0.29) is 30.3 Å². The Morgan fingerprint density at radius 2 is 1.83 bits per heavy atom. The first-order valence-electron chi connectivity index (χ1n) is 10.7. The molecule has 1 atom stereocenters. The monoisotopic (exact) mass is 412 g/mol. The maximum Gasteiger partial charge on any atom is 0.242 e. The van der Waals surface area contributed by atoms with Crippen LogP contribution in [0.5, 0.6) is 0 Å². The summed E-state index contributed by atoms with van der Waals surface area (Å²) in [7, 11) is 0. The largest absolute Gasteiger partial charge is 0.332 e. The summed E-state index contributed by atoms with van der Waals surface area (Å²) in [6.07, 6.45) is 3.90. The number of carbonyl (C=O) groups is 2. The Kier molecular flexibility index (Phi) is 7.48. The highest BCUT2D eigenvalue weighted by atomic mass is 32.1. The van der Waals surface area contributed by atoms with Crippen molar-refractivity contribution in [3.63, 3.8) is 0 Å². The first-order valence-corrected chi connectivity index (χ1v) is 11.5. The van der Waals surface area contributed by atoms with Crippen LogP contribution in [0.1, 0.15) is 54.8 Å². The molecule has 0 aliphatic heterocycles. The number of thiophene rings is 1. The average Bonchev–Trinajstić information content (AvgIpc) is 3.09. The van der Waals surface area contributed by atoms with Gasteiger partial charge >= 0.3 is 0 Å². The molecule has 1 aliphatic carbocycles. The molecule has 0 spiro atoms. The third-order valence-electron chi connectivity index (χ3n) is 5.88. The van der Waals surface area contributed by atoms with Gasteiger partial charge in [-0.15, -0.1) is 11.3 Å². The van der Waals surface area contributed by atoms with Crippen molar-refractivity contribution < 1.29 is 9.59 Å². The fourth-order valence-corrected chi connectivity index (χ4v) is 4.51. The van der Waals surface area contributed by atoms with Crippen LogP contribution in [0, 0.1) is 12.8 Å². The summed E-state index contributed by atoms with van der Waals surface area (Å²) in [5, 5.41) is 0. The number of rotatable bonds is 9. The van der Waals surface area contributed by atoms with E-state index < -0.39 is 0 Å². The molecular weight excluding hydrogens is 380 g/mol. The summed E-state index contributed by atoms with van der Waals surface area (Å²) >= 11 is 1.72. The lowest BCUT2D eigenvalue weighted by Crippen LogP contribution is -2.49. The van der Waals surface area contributed by atoms with Crippen molar-refractivity contribution in [1.82, 2.24) is 9.80 Å². The smallest absolute Gasteiger partial charge is 0.242 e. The second-order valence-electron chi connectivity index (χ2n) is 8.10. The van der Waals surface area contributed by atoms with Gasteiger partial charge in [-0.05, 0) is 50.8 Å². The van der Waals surface area contributed by atoms with Crippen molar-refractivity contribution in [2.24, 2.45) is 5.92 Å². The first-order chi connectivity index (χ1) is 14.0.